The lowest BCUT2D eigenvalue weighted by atomic mass is 9.91. The predicted octanol–water partition coefficient (Wildman–Crippen LogP) is 4.44. The van der Waals surface area contributed by atoms with Crippen molar-refractivity contribution >= 4 is 40.0 Å². The maximum absolute atomic E-state index is 14.6. The fraction of sp³-hybridized carbons (Fsp3) is 0.543. The second kappa shape index (κ2) is 12.7. The number of nitrogens with one attached hydrogen (secondary N) is 1. The minimum atomic E-state index is -0.882. The molecule has 7 heterocycles. The zero-order valence-electron chi connectivity index (χ0n) is 28.6. The topological polar surface area (TPSA) is 135 Å². The SMILES string of the molecule is Cc1ccc2[nH]ncc2c1C1CCN(c2nc(OC[C@@]34CCCN3C[C@H](F)C4)nc(N3CCCn4nc(C(=O)N(C)C)c(Cl)c4C3)c2C#N)C1. The third-order valence-corrected chi connectivity index (χ3v) is 11.4. The van der Waals surface area contributed by atoms with Gasteiger partial charge in [0.1, 0.15) is 24.4 Å². The van der Waals surface area contributed by atoms with Gasteiger partial charge >= 0.3 is 6.01 Å². The Hall–Kier alpha value is -4.48. The van der Waals surface area contributed by atoms with Gasteiger partial charge in [-0.2, -0.15) is 25.4 Å². The Morgan fingerprint density at radius 1 is 1.16 bits per heavy atom. The van der Waals surface area contributed by atoms with E-state index in [0.717, 1.165) is 36.7 Å². The van der Waals surface area contributed by atoms with Crippen LogP contribution in [0.1, 0.15) is 70.9 Å². The van der Waals surface area contributed by atoms with Crippen LogP contribution in [0, 0.1) is 18.3 Å². The molecule has 4 aromatic rings. The molecule has 13 nitrogen and oxygen atoms in total. The Balaban J connectivity index is 1.17. The van der Waals surface area contributed by atoms with E-state index in [-0.39, 0.29) is 35.7 Å². The summed E-state index contributed by atoms with van der Waals surface area (Å²) < 4.78 is 22.9. The molecule has 15 heteroatoms. The maximum Gasteiger partial charge on any atom is 0.320 e. The lowest BCUT2D eigenvalue weighted by molar-refractivity contribution is 0.0821. The lowest BCUT2D eigenvalue weighted by Gasteiger charge is -2.31. The first-order valence-corrected chi connectivity index (χ1v) is 17.8. The van der Waals surface area contributed by atoms with Gasteiger partial charge in [-0.15, -0.1) is 0 Å². The highest BCUT2D eigenvalue weighted by atomic mass is 35.5. The predicted molar refractivity (Wildman–Crippen MR) is 187 cm³/mol. The number of H-pyrrole nitrogens is 1. The van der Waals surface area contributed by atoms with Gasteiger partial charge in [-0.25, -0.2) is 4.39 Å². The number of aromatic nitrogens is 6. The van der Waals surface area contributed by atoms with Crippen molar-refractivity contribution in [1.82, 2.24) is 39.7 Å². The van der Waals surface area contributed by atoms with Crippen LogP contribution in [-0.4, -0.2) is 111 Å². The van der Waals surface area contributed by atoms with E-state index in [0.29, 0.717) is 80.0 Å². The molecule has 3 saturated heterocycles. The van der Waals surface area contributed by atoms with Crippen LogP contribution in [0.25, 0.3) is 10.9 Å². The number of carbonyl (C=O) groups is 1. The molecule has 4 aliphatic heterocycles. The molecule has 0 radical (unpaired) electrons. The highest BCUT2D eigenvalue weighted by Crippen LogP contribution is 2.42. The Bertz CT molecular complexity index is 2010. The van der Waals surface area contributed by atoms with Crippen molar-refractivity contribution in [2.75, 3.05) is 63.2 Å². The number of hydrogen-bond donors (Lipinski definition) is 1. The summed E-state index contributed by atoms with van der Waals surface area (Å²) in [7, 11) is 3.34. The monoisotopic (exact) mass is 701 g/mol. The summed E-state index contributed by atoms with van der Waals surface area (Å²) in [6, 6.07) is 6.79. The van der Waals surface area contributed by atoms with Crippen molar-refractivity contribution in [3.8, 4) is 12.1 Å². The maximum atomic E-state index is 14.6. The number of anilines is 2. The number of rotatable bonds is 7. The van der Waals surface area contributed by atoms with Crippen molar-refractivity contribution < 1.29 is 13.9 Å². The number of halogens is 2. The highest BCUT2D eigenvalue weighted by Gasteiger charge is 2.49. The van der Waals surface area contributed by atoms with Gasteiger partial charge in [0.25, 0.3) is 5.91 Å². The fourth-order valence-electron chi connectivity index (χ4n) is 8.58. The van der Waals surface area contributed by atoms with Gasteiger partial charge in [-0.1, -0.05) is 17.7 Å². The molecule has 1 amide bonds. The summed E-state index contributed by atoms with van der Waals surface area (Å²) in [5.41, 5.74) is 4.32. The molecule has 1 aromatic carbocycles. The number of hydrogen-bond acceptors (Lipinski definition) is 10. The fourth-order valence-corrected chi connectivity index (χ4v) is 8.85. The van der Waals surface area contributed by atoms with Gasteiger partial charge in [-0.05, 0) is 56.3 Å². The lowest BCUT2D eigenvalue weighted by Crippen LogP contribution is -2.43. The molecule has 3 fully saturated rings. The number of fused-ring (bicyclic) bond motifs is 3. The largest absolute Gasteiger partial charge is 0.461 e. The van der Waals surface area contributed by atoms with Gasteiger partial charge < -0.3 is 19.4 Å². The number of aromatic amines is 1. The number of benzene rings is 1. The van der Waals surface area contributed by atoms with Gasteiger partial charge in [0, 0.05) is 64.5 Å². The molecule has 0 aliphatic carbocycles. The van der Waals surface area contributed by atoms with Crippen LogP contribution in [0.2, 0.25) is 5.02 Å². The minimum Gasteiger partial charge on any atom is -0.461 e. The molecule has 8 rings (SSSR count). The van der Waals surface area contributed by atoms with Crippen LogP contribution in [0.5, 0.6) is 6.01 Å². The van der Waals surface area contributed by atoms with Crippen LogP contribution in [0.3, 0.4) is 0 Å². The first-order chi connectivity index (χ1) is 24.2. The summed E-state index contributed by atoms with van der Waals surface area (Å²) in [6.45, 7) is 6.46. The van der Waals surface area contributed by atoms with E-state index in [1.54, 1.807) is 18.8 Å². The summed E-state index contributed by atoms with van der Waals surface area (Å²) in [5.74, 6) is 0.906. The van der Waals surface area contributed by atoms with Crippen LogP contribution in [0.4, 0.5) is 16.0 Å². The zero-order chi connectivity index (χ0) is 34.7. The number of ether oxygens (including phenoxy) is 1. The number of amides is 1. The number of carbonyl (C=O) groups excluding carboxylic acids is 1. The normalized spacial score (nSPS) is 23.6. The van der Waals surface area contributed by atoms with E-state index in [9.17, 15) is 14.4 Å². The van der Waals surface area contributed by atoms with Crippen LogP contribution < -0.4 is 14.5 Å². The second-order valence-corrected chi connectivity index (χ2v) is 14.7. The molecule has 0 saturated carbocycles. The summed E-state index contributed by atoms with van der Waals surface area (Å²) in [6.07, 6.45) is 4.86. The Morgan fingerprint density at radius 2 is 1.98 bits per heavy atom. The molecule has 1 N–H and O–H groups in total. The van der Waals surface area contributed by atoms with E-state index in [2.05, 4.69) is 50.2 Å². The van der Waals surface area contributed by atoms with E-state index in [1.807, 2.05) is 11.1 Å². The average Bonchev–Trinajstić information content (AvgIpc) is 3.92. The number of alkyl halides is 1. The Kier molecular flexibility index (Phi) is 8.30. The molecule has 3 aromatic heterocycles. The molecule has 50 heavy (non-hydrogen) atoms. The van der Waals surface area contributed by atoms with Gasteiger partial charge in [0.15, 0.2) is 17.3 Å². The molecular formula is C35H41ClFN11O2. The quantitative estimate of drug-likeness (QED) is 0.295. The first-order valence-electron chi connectivity index (χ1n) is 17.4. The minimum absolute atomic E-state index is 0.168. The third-order valence-electron chi connectivity index (χ3n) is 11.0. The average molecular weight is 702 g/mol. The smallest absolute Gasteiger partial charge is 0.320 e. The highest BCUT2D eigenvalue weighted by molar-refractivity contribution is 6.34. The van der Waals surface area contributed by atoms with E-state index < -0.39 is 6.17 Å². The van der Waals surface area contributed by atoms with Crippen molar-refractivity contribution in [3.05, 3.63) is 51.4 Å². The van der Waals surface area contributed by atoms with Gasteiger partial charge in [-0.3, -0.25) is 19.5 Å². The number of aryl methyl sites for hydroxylation is 2. The zero-order valence-corrected chi connectivity index (χ0v) is 29.4. The van der Waals surface area contributed by atoms with Crippen LogP contribution >= 0.6 is 11.6 Å². The van der Waals surface area contributed by atoms with Gasteiger partial charge in [0.05, 0.1) is 34.5 Å². The molecule has 262 valence electrons. The molecule has 0 spiro atoms. The third kappa shape index (κ3) is 5.51. The molecule has 3 atom stereocenters. The van der Waals surface area contributed by atoms with Crippen molar-refractivity contribution in [2.24, 2.45) is 0 Å². The number of nitriles is 1. The summed E-state index contributed by atoms with van der Waals surface area (Å²) >= 11 is 6.82. The van der Waals surface area contributed by atoms with Gasteiger partial charge in [0.2, 0.25) is 0 Å². The second-order valence-electron chi connectivity index (χ2n) is 14.4. The molecule has 4 aliphatic rings. The van der Waals surface area contributed by atoms with Crippen molar-refractivity contribution in [2.45, 2.75) is 69.7 Å². The van der Waals surface area contributed by atoms with Crippen molar-refractivity contribution in [3.63, 3.8) is 0 Å². The standard InChI is InChI=1S/C35H41ClFN11O2/c1-21-6-7-26-25(16-39-42-26)28(21)22-8-13-46(17-22)32-24(15-38)31(40-34(41-32)50-20-35-9-4-11-47(35)18-23(37)14-35)45-10-5-12-48-27(19-45)29(36)30(43-48)33(49)44(2)3/h6-7,16,22-23H,4-5,8-14,17-20H2,1-3H3,(H,39,42)/t22?,23-,35+/m1/s1. The Morgan fingerprint density at radius 3 is 2.78 bits per heavy atom. The van der Waals surface area contributed by atoms with Crippen LogP contribution in [0.15, 0.2) is 18.3 Å². The molecule has 1 unspecified atom stereocenters. The molecule has 0 bridgehead atoms. The van der Waals surface area contributed by atoms with E-state index >= 15 is 0 Å². The first kappa shape index (κ1) is 32.7. The van der Waals surface area contributed by atoms with Crippen LogP contribution in [-0.2, 0) is 13.1 Å². The summed E-state index contributed by atoms with van der Waals surface area (Å²) in [4.78, 5) is 30.5. The van der Waals surface area contributed by atoms with E-state index in [1.165, 1.54) is 16.0 Å². The molecular weight excluding hydrogens is 661 g/mol. The number of nitrogens with zero attached hydrogens (tertiary/aromatic N) is 10. The van der Waals surface area contributed by atoms with Crippen molar-refractivity contribution in [1.29, 1.82) is 5.26 Å². The summed E-state index contributed by atoms with van der Waals surface area (Å²) in [5, 5.41) is 24.1. The van der Waals surface area contributed by atoms with E-state index in [4.69, 9.17) is 26.3 Å². The Labute approximate surface area is 294 Å².